The number of rotatable bonds is 5. The van der Waals surface area contributed by atoms with Crippen LogP contribution in [0.5, 0.6) is 0 Å². The number of aliphatic hydroxyl groups is 1. The molecule has 1 aromatic carbocycles. The average Bonchev–Trinajstić information content (AvgIpc) is 3.20. The molecule has 92 valence electrons. The lowest BCUT2D eigenvalue weighted by atomic mass is 10.1. The van der Waals surface area contributed by atoms with Gasteiger partial charge in [0.05, 0.1) is 6.10 Å². The van der Waals surface area contributed by atoms with Crippen molar-refractivity contribution in [2.24, 2.45) is 11.7 Å². The van der Waals surface area contributed by atoms with Gasteiger partial charge in [-0.25, -0.2) is 0 Å². The van der Waals surface area contributed by atoms with E-state index in [2.05, 4.69) is 5.32 Å². The van der Waals surface area contributed by atoms with E-state index in [0.717, 1.165) is 18.4 Å². The van der Waals surface area contributed by atoms with Crippen molar-refractivity contribution >= 4 is 5.91 Å². The summed E-state index contributed by atoms with van der Waals surface area (Å²) in [6.45, 7) is 0.296. The molecule has 0 saturated heterocycles. The fourth-order valence-corrected chi connectivity index (χ4v) is 1.77. The van der Waals surface area contributed by atoms with E-state index in [1.165, 1.54) is 0 Å². The second kappa shape index (κ2) is 5.29. The lowest BCUT2D eigenvalue weighted by Crippen LogP contribution is -2.39. The molecule has 1 aliphatic rings. The van der Waals surface area contributed by atoms with Gasteiger partial charge in [-0.3, -0.25) is 4.79 Å². The van der Waals surface area contributed by atoms with Crippen LogP contribution in [0.3, 0.4) is 0 Å². The zero-order valence-corrected chi connectivity index (χ0v) is 9.67. The van der Waals surface area contributed by atoms with Gasteiger partial charge in [0.15, 0.2) is 0 Å². The van der Waals surface area contributed by atoms with Gasteiger partial charge in [0.1, 0.15) is 6.04 Å². The first-order valence-corrected chi connectivity index (χ1v) is 5.95. The molecule has 0 aromatic heterocycles. The molecule has 1 aromatic rings. The van der Waals surface area contributed by atoms with Crippen LogP contribution in [-0.4, -0.2) is 23.7 Å². The average molecular weight is 234 g/mol. The molecular formula is C13H18N2O2. The molecule has 2 atom stereocenters. The molecule has 1 unspecified atom stereocenters. The van der Waals surface area contributed by atoms with Gasteiger partial charge < -0.3 is 16.2 Å². The van der Waals surface area contributed by atoms with Crippen LogP contribution in [0.2, 0.25) is 0 Å². The molecular weight excluding hydrogens is 216 g/mol. The molecule has 4 N–H and O–H groups in total. The van der Waals surface area contributed by atoms with Crippen molar-refractivity contribution in [3.8, 4) is 0 Å². The highest BCUT2D eigenvalue weighted by atomic mass is 16.3. The molecule has 1 amide bonds. The number of nitrogens with one attached hydrogen (secondary N) is 1. The Labute approximate surface area is 101 Å². The third-order valence-electron chi connectivity index (χ3n) is 3.09. The molecule has 2 rings (SSSR count). The van der Waals surface area contributed by atoms with Gasteiger partial charge in [-0.2, -0.15) is 0 Å². The Bertz CT molecular complexity index is 376. The fourth-order valence-electron chi connectivity index (χ4n) is 1.77. The first kappa shape index (κ1) is 12.1. The maximum Gasteiger partial charge on any atom is 0.241 e. The number of carbonyl (C=O) groups is 1. The minimum Gasteiger partial charge on any atom is -0.391 e. The van der Waals surface area contributed by atoms with Crippen molar-refractivity contribution in [1.29, 1.82) is 0 Å². The first-order chi connectivity index (χ1) is 8.18. The number of hydrogen-bond donors (Lipinski definition) is 3. The van der Waals surface area contributed by atoms with E-state index in [1.807, 2.05) is 30.3 Å². The molecule has 4 nitrogen and oxygen atoms in total. The Balaban J connectivity index is 1.82. The van der Waals surface area contributed by atoms with Gasteiger partial charge in [0.25, 0.3) is 0 Å². The zero-order valence-electron chi connectivity index (χ0n) is 9.67. The molecule has 0 heterocycles. The molecule has 0 radical (unpaired) electrons. The van der Waals surface area contributed by atoms with Gasteiger partial charge in [0.2, 0.25) is 5.91 Å². The quantitative estimate of drug-likeness (QED) is 0.697. The minimum atomic E-state index is -0.664. The third-order valence-corrected chi connectivity index (χ3v) is 3.09. The van der Waals surface area contributed by atoms with Gasteiger partial charge >= 0.3 is 0 Å². The summed E-state index contributed by atoms with van der Waals surface area (Å²) in [4.78, 5) is 11.7. The molecule has 0 spiro atoms. The van der Waals surface area contributed by atoms with Crippen LogP contribution in [0.4, 0.5) is 0 Å². The predicted octanol–water partition coefficient (Wildman–Crippen LogP) is 0.573. The van der Waals surface area contributed by atoms with Crippen LogP contribution < -0.4 is 11.1 Å². The zero-order chi connectivity index (χ0) is 12.3. The Morgan fingerprint density at radius 1 is 1.41 bits per heavy atom. The SMILES string of the molecule is N[C@@H](C(=O)NCC(O)C1CC1)c1ccccc1. The van der Waals surface area contributed by atoms with E-state index in [1.54, 1.807) is 0 Å². The summed E-state index contributed by atoms with van der Waals surface area (Å²) >= 11 is 0. The smallest absolute Gasteiger partial charge is 0.241 e. The standard InChI is InChI=1S/C13H18N2O2/c14-12(10-4-2-1-3-5-10)13(17)15-8-11(16)9-6-7-9/h1-5,9,11-12,16H,6-8,14H2,(H,15,17)/t11?,12-/m1/s1. The molecule has 0 aliphatic heterocycles. The van der Waals surface area contributed by atoms with Crippen LogP contribution >= 0.6 is 0 Å². The highest BCUT2D eigenvalue weighted by molar-refractivity contribution is 5.82. The lowest BCUT2D eigenvalue weighted by molar-refractivity contribution is -0.123. The fraction of sp³-hybridized carbons (Fsp3) is 0.462. The van der Waals surface area contributed by atoms with Crippen LogP contribution in [0, 0.1) is 5.92 Å². The maximum absolute atomic E-state index is 11.7. The number of amides is 1. The van der Waals surface area contributed by atoms with E-state index in [4.69, 9.17) is 5.73 Å². The minimum absolute atomic E-state index is 0.240. The highest BCUT2D eigenvalue weighted by Gasteiger charge is 2.30. The molecule has 1 aliphatic carbocycles. The third kappa shape index (κ3) is 3.28. The van der Waals surface area contributed by atoms with Gasteiger partial charge in [0, 0.05) is 6.54 Å². The topological polar surface area (TPSA) is 75.4 Å². The molecule has 1 fully saturated rings. The van der Waals surface area contributed by atoms with Crippen LogP contribution in [0.1, 0.15) is 24.4 Å². The van der Waals surface area contributed by atoms with Gasteiger partial charge in [-0.1, -0.05) is 30.3 Å². The monoisotopic (exact) mass is 234 g/mol. The number of hydrogen-bond acceptors (Lipinski definition) is 3. The van der Waals surface area contributed by atoms with E-state index >= 15 is 0 Å². The Morgan fingerprint density at radius 3 is 2.65 bits per heavy atom. The summed E-state index contributed by atoms with van der Waals surface area (Å²) in [5, 5.41) is 12.3. The normalized spacial score (nSPS) is 18.5. The van der Waals surface area contributed by atoms with Crippen LogP contribution in [-0.2, 0) is 4.79 Å². The number of carbonyl (C=O) groups excluding carboxylic acids is 1. The Kier molecular flexibility index (Phi) is 3.76. The summed E-state index contributed by atoms with van der Waals surface area (Å²) in [5.74, 6) is 0.124. The van der Waals surface area contributed by atoms with E-state index in [0.29, 0.717) is 12.5 Å². The number of aliphatic hydroxyl groups excluding tert-OH is 1. The van der Waals surface area contributed by atoms with E-state index < -0.39 is 12.1 Å². The number of benzene rings is 1. The van der Waals surface area contributed by atoms with Crippen molar-refractivity contribution in [2.45, 2.75) is 25.0 Å². The van der Waals surface area contributed by atoms with Crippen LogP contribution in [0.25, 0.3) is 0 Å². The first-order valence-electron chi connectivity index (χ1n) is 5.95. The van der Waals surface area contributed by atoms with E-state index in [-0.39, 0.29) is 5.91 Å². The molecule has 0 bridgehead atoms. The van der Waals surface area contributed by atoms with Crippen molar-refractivity contribution in [2.75, 3.05) is 6.54 Å². The summed E-state index contributed by atoms with van der Waals surface area (Å²) in [6.07, 6.45) is 1.69. The summed E-state index contributed by atoms with van der Waals surface area (Å²) in [5.41, 5.74) is 6.61. The van der Waals surface area contributed by atoms with Crippen molar-refractivity contribution in [3.63, 3.8) is 0 Å². The Morgan fingerprint density at radius 2 is 2.06 bits per heavy atom. The van der Waals surface area contributed by atoms with Crippen molar-refractivity contribution in [1.82, 2.24) is 5.32 Å². The lowest BCUT2D eigenvalue weighted by Gasteiger charge is -2.15. The molecule has 17 heavy (non-hydrogen) atoms. The van der Waals surface area contributed by atoms with Crippen molar-refractivity contribution in [3.05, 3.63) is 35.9 Å². The summed E-state index contributed by atoms with van der Waals surface area (Å²) < 4.78 is 0. The van der Waals surface area contributed by atoms with Crippen LogP contribution in [0.15, 0.2) is 30.3 Å². The van der Waals surface area contributed by atoms with E-state index in [9.17, 15) is 9.90 Å². The number of nitrogens with two attached hydrogens (primary N) is 1. The summed E-state index contributed by atoms with van der Waals surface area (Å²) in [7, 11) is 0. The largest absolute Gasteiger partial charge is 0.391 e. The highest BCUT2D eigenvalue weighted by Crippen LogP contribution is 2.32. The van der Waals surface area contributed by atoms with Gasteiger partial charge in [-0.15, -0.1) is 0 Å². The van der Waals surface area contributed by atoms with Crippen molar-refractivity contribution < 1.29 is 9.90 Å². The second-order valence-corrected chi connectivity index (χ2v) is 4.54. The summed E-state index contributed by atoms with van der Waals surface area (Å²) in [6, 6.07) is 8.56. The molecule has 1 saturated carbocycles. The Hall–Kier alpha value is -1.39. The molecule has 4 heteroatoms. The maximum atomic E-state index is 11.7. The second-order valence-electron chi connectivity index (χ2n) is 4.54. The predicted molar refractivity (Wildman–Crippen MR) is 65.1 cm³/mol. The van der Waals surface area contributed by atoms with Gasteiger partial charge in [-0.05, 0) is 24.3 Å².